The van der Waals surface area contributed by atoms with Crippen LogP contribution in [0, 0.1) is 12.3 Å². The predicted octanol–water partition coefficient (Wildman–Crippen LogP) is 4.53. The molecule has 3 aromatic rings. The second-order valence-electron chi connectivity index (χ2n) is 10.3. The number of amides is 1. The van der Waals surface area contributed by atoms with Gasteiger partial charge in [-0.15, -0.1) is 0 Å². The first-order valence-electron chi connectivity index (χ1n) is 12.2. The van der Waals surface area contributed by atoms with Gasteiger partial charge in [-0.25, -0.2) is 9.69 Å². The number of ether oxygens (including phenoxy) is 2. The van der Waals surface area contributed by atoms with Crippen molar-refractivity contribution in [3.05, 3.63) is 45.5 Å². The Hall–Kier alpha value is -3.69. The molecule has 1 aromatic carbocycles. The average Bonchev–Trinajstić information content (AvgIpc) is 3.20. The fourth-order valence-electron chi connectivity index (χ4n) is 4.47. The molecule has 0 saturated carbocycles. The molecule has 0 radical (unpaired) electrons. The molecule has 36 heavy (non-hydrogen) atoms. The van der Waals surface area contributed by atoms with Gasteiger partial charge in [0.25, 0.3) is 5.56 Å². The van der Waals surface area contributed by atoms with Crippen LogP contribution in [0.1, 0.15) is 64.0 Å². The number of rotatable bonds is 7. The van der Waals surface area contributed by atoms with Crippen LogP contribution in [0.5, 0.6) is 5.75 Å². The third kappa shape index (κ3) is 4.98. The minimum absolute atomic E-state index is 0.213. The van der Waals surface area contributed by atoms with E-state index in [0.29, 0.717) is 16.9 Å². The van der Waals surface area contributed by atoms with Crippen molar-refractivity contribution in [2.75, 3.05) is 23.9 Å². The summed E-state index contributed by atoms with van der Waals surface area (Å²) in [4.78, 5) is 43.2. The smallest absolute Gasteiger partial charge is 0.417 e. The van der Waals surface area contributed by atoms with Crippen LogP contribution in [0.25, 0.3) is 10.9 Å². The molecule has 2 aromatic heterocycles. The van der Waals surface area contributed by atoms with E-state index in [4.69, 9.17) is 9.47 Å². The number of aromatic nitrogens is 4. The van der Waals surface area contributed by atoms with Crippen molar-refractivity contribution in [1.29, 1.82) is 0 Å². The van der Waals surface area contributed by atoms with Gasteiger partial charge < -0.3 is 19.8 Å². The van der Waals surface area contributed by atoms with Crippen molar-refractivity contribution >= 4 is 28.9 Å². The Morgan fingerprint density at radius 2 is 1.97 bits per heavy atom. The second-order valence-corrected chi connectivity index (χ2v) is 10.3. The Bertz CT molecular complexity index is 1350. The van der Waals surface area contributed by atoms with Crippen molar-refractivity contribution in [2.24, 2.45) is 5.41 Å². The molecule has 1 aliphatic heterocycles. The molecule has 0 aliphatic carbocycles. The summed E-state index contributed by atoms with van der Waals surface area (Å²) in [5.41, 5.74) is 1.91. The lowest BCUT2D eigenvalue weighted by atomic mass is 9.87. The highest BCUT2D eigenvalue weighted by atomic mass is 16.6. The number of hydrogen-bond acceptors (Lipinski definition) is 8. The number of cyclic esters (lactones) is 1. The molecule has 10 heteroatoms. The van der Waals surface area contributed by atoms with Crippen LogP contribution in [-0.2, 0) is 11.2 Å². The highest BCUT2D eigenvalue weighted by Crippen LogP contribution is 2.32. The highest BCUT2D eigenvalue weighted by molar-refractivity contribution is 5.88. The number of nitrogens with one attached hydrogen (secondary N) is 2. The molecular formula is C26H34N6O4. The number of methoxy groups -OCH3 is 1. The average molecular weight is 495 g/mol. The normalized spacial score (nSPS) is 16.8. The minimum Gasteiger partial charge on any atom is -0.496 e. The number of aromatic amines is 1. The fourth-order valence-corrected chi connectivity index (χ4v) is 4.47. The molecule has 1 fully saturated rings. The van der Waals surface area contributed by atoms with E-state index < -0.39 is 12.1 Å². The van der Waals surface area contributed by atoms with Crippen molar-refractivity contribution in [1.82, 2.24) is 19.9 Å². The summed E-state index contributed by atoms with van der Waals surface area (Å²) < 4.78 is 10.8. The summed E-state index contributed by atoms with van der Waals surface area (Å²) in [5.74, 6) is 1.72. The molecule has 1 aliphatic rings. The van der Waals surface area contributed by atoms with Crippen LogP contribution < -0.4 is 20.5 Å². The Morgan fingerprint density at radius 1 is 1.22 bits per heavy atom. The molecule has 0 spiro atoms. The van der Waals surface area contributed by atoms with E-state index in [9.17, 15) is 9.59 Å². The van der Waals surface area contributed by atoms with Crippen LogP contribution in [0.2, 0.25) is 0 Å². The van der Waals surface area contributed by atoms with Crippen molar-refractivity contribution in [3.8, 4) is 5.75 Å². The fraction of sp³-hybridized carbons (Fsp3) is 0.500. The van der Waals surface area contributed by atoms with Crippen LogP contribution in [-0.4, -0.2) is 45.8 Å². The molecule has 192 valence electrons. The first-order chi connectivity index (χ1) is 17.0. The number of pyridine rings is 1. The maximum atomic E-state index is 13.0. The standard InChI is InChI=1S/C26H34N6O4/c1-8-9-16-10-17-11-18(22(33)30-19(17)12-20(16)35-7)14(2)27-23-28-15(3)29-24(31-23)32-21(26(4,5)6)13-36-25(32)34/h10-12,14,21H,8-9,13H2,1-7H3,(H,30,33)(H,27,28,29,31)/t14-,21+/m0/s1. The molecular weight excluding hydrogens is 460 g/mol. The third-order valence-electron chi connectivity index (χ3n) is 6.43. The van der Waals surface area contributed by atoms with E-state index in [1.165, 1.54) is 4.90 Å². The van der Waals surface area contributed by atoms with Crippen molar-refractivity contribution in [2.45, 2.75) is 66.5 Å². The van der Waals surface area contributed by atoms with E-state index in [-0.39, 0.29) is 35.5 Å². The van der Waals surface area contributed by atoms with Crippen LogP contribution in [0.15, 0.2) is 23.0 Å². The molecule has 4 rings (SSSR count). The van der Waals surface area contributed by atoms with Gasteiger partial charge in [-0.05, 0) is 48.8 Å². The molecule has 2 N–H and O–H groups in total. The van der Waals surface area contributed by atoms with Crippen LogP contribution in [0.4, 0.5) is 16.7 Å². The predicted molar refractivity (Wildman–Crippen MR) is 139 cm³/mol. The van der Waals surface area contributed by atoms with Gasteiger partial charge >= 0.3 is 6.09 Å². The van der Waals surface area contributed by atoms with E-state index in [1.807, 2.05) is 39.8 Å². The second kappa shape index (κ2) is 9.75. The lowest BCUT2D eigenvalue weighted by molar-refractivity contribution is 0.172. The van der Waals surface area contributed by atoms with Gasteiger partial charge in [0.05, 0.1) is 24.7 Å². The van der Waals surface area contributed by atoms with Crippen LogP contribution >= 0.6 is 0 Å². The largest absolute Gasteiger partial charge is 0.496 e. The molecule has 1 saturated heterocycles. The molecule has 0 bridgehead atoms. The van der Waals surface area contributed by atoms with E-state index in [2.05, 4.69) is 38.2 Å². The van der Waals surface area contributed by atoms with Gasteiger partial charge in [0.15, 0.2) is 0 Å². The maximum absolute atomic E-state index is 13.0. The van der Waals surface area contributed by atoms with Crippen LogP contribution in [0.3, 0.4) is 0 Å². The summed E-state index contributed by atoms with van der Waals surface area (Å²) in [6, 6.07) is 5.18. The van der Waals surface area contributed by atoms with Gasteiger partial charge in [0, 0.05) is 11.6 Å². The van der Waals surface area contributed by atoms with E-state index in [0.717, 1.165) is 29.5 Å². The Kier molecular flexibility index (Phi) is 6.88. The van der Waals surface area contributed by atoms with Gasteiger partial charge in [-0.3, -0.25) is 4.79 Å². The monoisotopic (exact) mass is 494 g/mol. The van der Waals surface area contributed by atoms with Crippen molar-refractivity contribution < 1.29 is 14.3 Å². The lowest BCUT2D eigenvalue weighted by Gasteiger charge is -2.30. The van der Waals surface area contributed by atoms with Gasteiger partial charge in [0.1, 0.15) is 18.2 Å². The Labute approximate surface area is 210 Å². The Morgan fingerprint density at radius 3 is 2.64 bits per heavy atom. The van der Waals surface area contributed by atoms with E-state index >= 15 is 0 Å². The molecule has 10 nitrogen and oxygen atoms in total. The number of nitrogens with zero attached hydrogens (tertiary/aromatic N) is 4. The number of fused-ring (bicyclic) bond motifs is 1. The minimum atomic E-state index is -0.483. The molecule has 0 unspecified atom stereocenters. The zero-order chi connectivity index (χ0) is 26.2. The number of H-pyrrole nitrogens is 1. The van der Waals surface area contributed by atoms with Gasteiger partial charge in [-0.2, -0.15) is 15.0 Å². The number of hydrogen-bond donors (Lipinski definition) is 2. The summed E-state index contributed by atoms with van der Waals surface area (Å²) in [6.45, 7) is 12.1. The van der Waals surface area contributed by atoms with Crippen molar-refractivity contribution in [3.63, 3.8) is 0 Å². The quantitative estimate of drug-likeness (QED) is 0.491. The third-order valence-corrected chi connectivity index (χ3v) is 6.43. The number of carbonyl (C=O) groups excluding carboxylic acids is 1. The summed E-state index contributed by atoms with van der Waals surface area (Å²) in [6.07, 6.45) is 1.38. The Balaban J connectivity index is 1.67. The zero-order valence-corrected chi connectivity index (χ0v) is 21.9. The maximum Gasteiger partial charge on any atom is 0.417 e. The number of aryl methyl sites for hydroxylation is 2. The summed E-state index contributed by atoms with van der Waals surface area (Å²) >= 11 is 0. The topological polar surface area (TPSA) is 122 Å². The summed E-state index contributed by atoms with van der Waals surface area (Å²) in [5, 5.41) is 4.13. The zero-order valence-electron chi connectivity index (χ0n) is 21.9. The molecule has 2 atom stereocenters. The molecule has 3 heterocycles. The number of benzene rings is 1. The highest BCUT2D eigenvalue weighted by Gasteiger charge is 2.43. The number of anilines is 2. The SMILES string of the molecule is CCCc1cc2cc([C@H](C)Nc3nc(C)nc(N4C(=O)OC[C@@H]4C(C)(C)C)n3)c(=O)[nH]c2cc1OC. The van der Waals surface area contributed by atoms with E-state index in [1.54, 1.807) is 14.0 Å². The first kappa shape index (κ1) is 25.4. The summed E-state index contributed by atoms with van der Waals surface area (Å²) in [7, 11) is 1.63. The number of carbonyl (C=O) groups is 1. The van der Waals surface area contributed by atoms with Gasteiger partial charge in [-0.1, -0.05) is 34.1 Å². The van der Waals surface area contributed by atoms with Gasteiger partial charge in [0.2, 0.25) is 11.9 Å². The first-order valence-corrected chi connectivity index (χ1v) is 12.2. The lowest BCUT2D eigenvalue weighted by Crippen LogP contribution is -2.43. The molecule has 1 amide bonds.